The Balaban J connectivity index is 1.44. The van der Waals surface area contributed by atoms with E-state index >= 15 is 0 Å². The molecule has 0 amide bonds. The smallest absolute Gasteiger partial charge is 0.294 e. The summed E-state index contributed by atoms with van der Waals surface area (Å²) in [5.74, 6) is 0. The van der Waals surface area contributed by atoms with Gasteiger partial charge in [-0.05, 0) is 73.3 Å². The molecule has 9 nitrogen and oxygen atoms in total. The Bertz CT molecular complexity index is 1350. The molecule has 0 aliphatic rings. The van der Waals surface area contributed by atoms with Crippen LogP contribution in [0.4, 0.5) is 0 Å². The topological polar surface area (TPSA) is 136 Å². The number of nitrogens with one attached hydrogen (secondary N) is 2. The molecular formula is C28H37N3O6S2. The molecule has 0 saturated carbocycles. The van der Waals surface area contributed by atoms with Crippen LogP contribution >= 0.6 is 0 Å². The maximum absolute atomic E-state index is 11.3. The van der Waals surface area contributed by atoms with Crippen molar-refractivity contribution in [3.8, 4) is 0 Å². The van der Waals surface area contributed by atoms with Crippen molar-refractivity contribution in [3.63, 3.8) is 0 Å². The highest BCUT2D eigenvalue weighted by Crippen LogP contribution is 2.12. The van der Waals surface area contributed by atoms with E-state index in [0.29, 0.717) is 0 Å². The predicted octanol–water partition coefficient (Wildman–Crippen LogP) is 2.69. The average molecular weight is 576 g/mol. The molecule has 0 bridgehead atoms. The van der Waals surface area contributed by atoms with Gasteiger partial charge >= 0.3 is 0 Å². The summed E-state index contributed by atoms with van der Waals surface area (Å²) in [4.78, 5) is 2.13. The van der Waals surface area contributed by atoms with E-state index in [0.717, 1.165) is 76.2 Å². The maximum Gasteiger partial charge on any atom is 0.294 e. The van der Waals surface area contributed by atoms with E-state index in [4.69, 9.17) is 4.55 Å². The van der Waals surface area contributed by atoms with Crippen molar-refractivity contribution in [3.05, 3.63) is 95.6 Å². The molecule has 3 aromatic carbocycles. The van der Waals surface area contributed by atoms with Crippen LogP contribution in [0.2, 0.25) is 0 Å². The third-order valence-corrected chi connectivity index (χ3v) is 8.13. The fraction of sp³-hybridized carbons (Fsp3) is 0.357. The zero-order valence-corrected chi connectivity index (χ0v) is 23.5. The van der Waals surface area contributed by atoms with Crippen molar-refractivity contribution >= 4 is 20.2 Å². The van der Waals surface area contributed by atoms with Gasteiger partial charge in [0, 0.05) is 32.7 Å². The summed E-state index contributed by atoms with van der Waals surface area (Å²) < 4.78 is 63.2. The van der Waals surface area contributed by atoms with Crippen LogP contribution < -0.4 is 10.6 Å². The van der Waals surface area contributed by atoms with Crippen molar-refractivity contribution < 1.29 is 25.9 Å². The normalized spacial score (nSPS) is 12.2. The Kier molecular flexibility index (Phi) is 12.1. The first-order valence-electron chi connectivity index (χ1n) is 12.9. The lowest BCUT2D eigenvalue weighted by atomic mass is 10.1. The Morgan fingerprint density at radius 2 is 0.923 bits per heavy atom. The third kappa shape index (κ3) is 11.6. The fourth-order valence-electron chi connectivity index (χ4n) is 4.11. The molecule has 0 radical (unpaired) electrons. The predicted molar refractivity (Wildman–Crippen MR) is 152 cm³/mol. The zero-order valence-electron chi connectivity index (χ0n) is 21.9. The number of nitrogens with zero attached hydrogens (tertiary/aromatic N) is 1. The second-order valence-electron chi connectivity index (χ2n) is 9.32. The molecule has 0 heterocycles. The van der Waals surface area contributed by atoms with Crippen LogP contribution in [0, 0.1) is 0 Å². The summed E-state index contributed by atoms with van der Waals surface area (Å²) in [7, 11) is -8.38. The molecule has 11 heteroatoms. The van der Waals surface area contributed by atoms with Crippen molar-refractivity contribution in [1.29, 1.82) is 0 Å². The molecule has 0 aliphatic carbocycles. The number of hydrogen-bond acceptors (Lipinski definition) is 7. The summed E-state index contributed by atoms with van der Waals surface area (Å²) >= 11 is 0. The Morgan fingerprint density at radius 3 is 1.36 bits per heavy atom. The van der Waals surface area contributed by atoms with E-state index < -0.39 is 20.2 Å². The van der Waals surface area contributed by atoms with Crippen molar-refractivity contribution in [1.82, 2.24) is 15.5 Å². The van der Waals surface area contributed by atoms with Gasteiger partial charge in [0.05, 0.1) is 9.79 Å². The van der Waals surface area contributed by atoms with Gasteiger partial charge in [0.1, 0.15) is 0 Å². The van der Waals surface area contributed by atoms with E-state index in [2.05, 4.69) is 27.7 Å². The number of rotatable bonds is 17. The Morgan fingerprint density at radius 1 is 0.513 bits per heavy atom. The van der Waals surface area contributed by atoms with Gasteiger partial charge in [0.2, 0.25) is 0 Å². The maximum atomic E-state index is 11.3. The van der Waals surface area contributed by atoms with Crippen LogP contribution in [0.1, 0.15) is 16.7 Å². The van der Waals surface area contributed by atoms with Gasteiger partial charge < -0.3 is 15.5 Å². The monoisotopic (exact) mass is 575 g/mol. The number of hydrogen-bond donors (Lipinski definition) is 4. The standard InChI is InChI=1S/C28H37N3O6S2/c32-38(33,34)27-10-6-25(7-11-27)15-18-30-20-23-31(22-19-29-17-14-24-4-2-1-3-5-24)21-16-26-8-12-28(13-9-26)39(35,36)37/h1-13,29-30H,14-23H2,(H,32,33,34)(H,35,36,37). The van der Waals surface area contributed by atoms with E-state index in [-0.39, 0.29) is 9.79 Å². The van der Waals surface area contributed by atoms with Crippen molar-refractivity contribution in [2.24, 2.45) is 0 Å². The van der Waals surface area contributed by atoms with Crippen molar-refractivity contribution in [2.75, 3.05) is 45.8 Å². The van der Waals surface area contributed by atoms with Crippen molar-refractivity contribution in [2.45, 2.75) is 29.1 Å². The van der Waals surface area contributed by atoms with Gasteiger partial charge in [-0.15, -0.1) is 0 Å². The van der Waals surface area contributed by atoms with Crippen LogP contribution in [0.15, 0.2) is 88.7 Å². The van der Waals surface area contributed by atoms with Crippen LogP contribution in [-0.4, -0.2) is 76.7 Å². The van der Waals surface area contributed by atoms with Crippen LogP contribution in [0.25, 0.3) is 0 Å². The fourth-order valence-corrected chi connectivity index (χ4v) is 5.07. The highest BCUT2D eigenvalue weighted by Gasteiger charge is 2.10. The molecule has 0 aromatic heterocycles. The molecule has 3 rings (SSSR count). The van der Waals surface area contributed by atoms with Gasteiger partial charge in [0.25, 0.3) is 20.2 Å². The molecule has 0 spiro atoms. The molecule has 0 atom stereocenters. The summed E-state index contributed by atoms with van der Waals surface area (Å²) in [6.45, 7) is 5.71. The minimum absolute atomic E-state index is 0.109. The summed E-state index contributed by atoms with van der Waals surface area (Å²) in [6, 6.07) is 22.8. The largest absolute Gasteiger partial charge is 0.315 e. The second-order valence-corrected chi connectivity index (χ2v) is 12.2. The summed E-state index contributed by atoms with van der Waals surface area (Å²) in [6.07, 6.45) is 2.44. The number of benzene rings is 3. The van der Waals surface area contributed by atoms with E-state index in [1.54, 1.807) is 24.3 Å². The second kappa shape index (κ2) is 15.2. The lowest BCUT2D eigenvalue weighted by Gasteiger charge is -2.23. The van der Waals surface area contributed by atoms with Gasteiger partial charge in [0.15, 0.2) is 0 Å². The minimum atomic E-state index is -4.20. The molecule has 3 aromatic rings. The zero-order chi connectivity index (χ0) is 28.1. The third-order valence-electron chi connectivity index (χ3n) is 6.39. The van der Waals surface area contributed by atoms with Gasteiger partial charge in [-0.2, -0.15) is 16.8 Å². The van der Waals surface area contributed by atoms with Crippen LogP contribution in [-0.2, 0) is 39.5 Å². The SMILES string of the molecule is O=S(=O)(O)c1ccc(CCNCCN(CCNCCc2ccccc2)CCc2ccc(S(=O)(=O)O)cc2)cc1. The molecule has 0 saturated heterocycles. The molecule has 4 N–H and O–H groups in total. The van der Waals surface area contributed by atoms with E-state index in [1.165, 1.54) is 29.8 Å². The van der Waals surface area contributed by atoms with Gasteiger partial charge in [-0.25, -0.2) is 0 Å². The summed E-state index contributed by atoms with van der Waals surface area (Å²) in [5, 5.41) is 6.94. The molecule has 0 aliphatic heterocycles. The molecule has 0 fully saturated rings. The van der Waals surface area contributed by atoms with E-state index in [9.17, 15) is 21.4 Å². The highest BCUT2D eigenvalue weighted by atomic mass is 32.2. The van der Waals surface area contributed by atoms with Crippen LogP contribution in [0.3, 0.4) is 0 Å². The quantitative estimate of drug-likeness (QED) is 0.141. The van der Waals surface area contributed by atoms with Gasteiger partial charge in [-0.3, -0.25) is 9.11 Å². The lowest BCUT2D eigenvalue weighted by molar-refractivity contribution is 0.276. The average Bonchev–Trinajstić information content (AvgIpc) is 2.91. The molecule has 0 unspecified atom stereocenters. The minimum Gasteiger partial charge on any atom is -0.315 e. The molecular weight excluding hydrogens is 538 g/mol. The molecule has 212 valence electrons. The van der Waals surface area contributed by atoms with Crippen LogP contribution in [0.5, 0.6) is 0 Å². The lowest BCUT2D eigenvalue weighted by Crippen LogP contribution is -2.38. The first-order chi connectivity index (χ1) is 18.6. The first-order valence-corrected chi connectivity index (χ1v) is 15.8. The highest BCUT2D eigenvalue weighted by molar-refractivity contribution is 7.86. The molecule has 39 heavy (non-hydrogen) atoms. The van der Waals surface area contributed by atoms with Gasteiger partial charge in [-0.1, -0.05) is 54.6 Å². The van der Waals surface area contributed by atoms with E-state index in [1.807, 2.05) is 18.2 Å². The Labute approximate surface area is 231 Å². The summed E-state index contributed by atoms with van der Waals surface area (Å²) in [5.41, 5.74) is 3.26. The Hall–Kier alpha value is -2.64. The first kappa shape index (κ1) is 30.9.